The molecule has 0 radical (unpaired) electrons. The normalized spacial score (nSPS) is 15.2. The van der Waals surface area contributed by atoms with Crippen molar-refractivity contribution >= 4 is 16.8 Å². The number of aromatic hydroxyl groups is 2. The molecule has 5 rings (SSSR count). The number of imidazole rings is 2. The number of fused-ring (bicyclic) bond motifs is 1. The van der Waals surface area contributed by atoms with Gasteiger partial charge < -0.3 is 20.2 Å². The molecule has 3 aromatic heterocycles. The topological polar surface area (TPSA) is 120 Å². The third kappa shape index (κ3) is 2.79. The van der Waals surface area contributed by atoms with E-state index in [-0.39, 0.29) is 23.1 Å². The maximum Gasteiger partial charge on any atom is 0.240 e. The van der Waals surface area contributed by atoms with Crippen LogP contribution in [0.4, 0.5) is 0 Å². The number of hydrogen-bond donors (Lipinski definition) is 4. The van der Waals surface area contributed by atoms with Crippen LogP contribution in [0.2, 0.25) is 0 Å². The van der Waals surface area contributed by atoms with E-state index in [2.05, 4.69) is 19.9 Å². The van der Waals surface area contributed by atoms with Crippen molar-refractivity contribution in [3.63, 3.8) is 0 Å². The van der Waals surface area contributed by atoms with Crippen molar-refractivity contribution in [3.05, 3.63) is 42.6 Å². The van der Waals surface area contributed by atoms with E-state index in [1.165, 1.54) is 10.9 Å². The molecule has 1 fully saturated rings. The fraction of sp³-hybridized carbons (Fsp3) is 0.286. The summed E-state index contributed by atoms with van der Waals surface area (Å²) in [4.78, 5) is 27.7. The Labute approximate surface area is 166 Å². The minimum absolute atomic E-state index is 0.136. The van der Waals surface area contributed by atoms with Gasteiger partial charge in [-0.3, -0.25) is 9.36 Å². The van der Waals surface area contributed by atoms with Crippen LogP contribution in [0.1, 0.15) is 42.5 Å². The lowest BCUT2D eigenvalue weighted by Crippen LogP contribution is -2.18. The highest BCUT2D eigenvalue weighted by atomic mass is 16.3. The Kier molecular flexibility index (Phi) is 4.12. The van der Waals surface area contributed by atoms with E-state index >= 15 is 0 Å². The Bertz CT molecular complexity index is 1180. The Morgan fingerprint density at radius 3 is 2.69 bits per heavy atom. The summed E-state index contributed by atoms with van der Waals surface area (Å²) in [5.41, 5.74) is 3.26. The molecule has 8 nitrogen and oxygen atoms in total. The Morgan fingerprint density at radius 1 is 1.10 bits per heavy atom. The van der Waals surface area contributed by atoms with Gasteiger partial charge in [-0.1, -0.05) is 19.3 Å². The van der Waals surface area contributed by atoms with Crippen LogP contribution in [0.25, 0.3) is 28.1 Å². The second-order valence-corrected chi connectivity index (χ2v) is 7.50. The van der Waals surface area contributed by atoms with E-state index in [0.29, 0.717) is 17.1 Å². The van der Waals surface area contributed by atoms with Gasteiger partial charge >= 0.3 is 0 Å². The molecule has 8 heteroatoms. The zero-order valence-electron chi connectivity index (χ0n) is 15.7. The molecule has 3 heterocycles. The SMILES string of the molecule is O=C(c1c(O)c(O)n(-c2ccc3nc[nH]c3c2)c1-c1cnc[nH]1)C1CCCCC1. The standard InChI is InChI=1S/C21H21N5O3/c27-19(12-4-2-1-3-5-12)17-18(16-9-22-10-23-16)26(21(29)20(17)28)13-6-7-14-15(8-13)25-11-24-14/h6-12,28-29H,1-5H2,(H,22,23)(H,24,25). The number of ketones is 1. The highest BCUT2D eigenvalue weighted by molar-refractivity contribution is 6.06. The van der Waals surface area contributed by atoms with Gasteiger partial charge in [0.05, 0.1) is 52.5 Å². The minimum atomic E-state index is -0.394. The number of Topliss-reactive ketones (excluding diaryl/α,β-unsaturated/α-hetero) is 1. The van der Waals surface area contributed by atoms with Crippen molar-refractivity contribution in [1.29, 1.82) is 0 Å². The van der Waals surface area contributed by atoms with E-state index in [1.54, 1.807) is 18.6 Å². The van der Waals surface area contributed by atoms with Gasteiger partial charge in [0.25, 0.3) is 0 Å². The number of nitrogens with zero attached hydrogens (tertiary/aromatic N) is 3. The molecular weight excluding hydrogens is 370 g/mol. The third-order valence-corrected chi connectivity index (χ3v) is 5.76. The second kappa shape index (κ2) is 6.80. The number of hydrogen-bond acceptors (Lipinski definition) is 5. The van der Waals surface area contributed by atoms with Crippen molar-refractivity contribution in [2.24, 2.45) is 5.92 Å². The molecule has 1 saturated carbocycles. The molecule has 1 aromatic carbocycles. The summed E-state index contributed by atoms with van der Waals surface area (Å²) in [5.74, 6) is -1.05. The fourth-order valence-electron chi connectivity index (χ4n) is 4.30. The summed E-state index contributed by atoms with van der Waals surface area (Å²) in [7, 11) is 0. The molecule has 1 aliphatic rings. The Balaban J connectivity index is 1.73. The summed E-state index contributed by atoms with van der Waals surface area (Å²) >= 11 is 0. The Morgan fingerprint density at radius 2 is 1.93 bits per heavy atom. The van der Waals surface area contributed by atoms with Crippen LogP contribution in [0.5, 0.6) is 11.6 Å². The van der Waals surface area contributed by atoms with Crippen molar-refractivity contribution in [1.82, 2.24) is 24.5 Å². The third-order valence-electron chi connectivity index (χ3n) is 5.76. The highest BCUT2D eigenvalue weighted by Gasteiger charge is 2.34. The number of rotatable bonds is 4. The van der Waals surface area contributed by atoms with Crippen molar-refractivity contribution in [2.75, 3.05) is 0 Å². The number of benzene rings is 1. The number of aromatic nitrogens is 5. The van der Waals surface area contributed by atoms with Crippen LogP contribution in [0, 0.1) is 5.92 Å². The zero-order valence-corrected chi connectivity index (χ0v) is 15.7. The van der Waals surface area contributed by atoms with Crippen molar-refractivity contribution in [2.45, 2.75) is 32.1 Å². The molecule has 1 aliphatic carbocycles. The Hall–Kier alpha value is -3.55. The lowest BCUT2D eigenvalue weighted by atomic mass is 9.83. The average molecular weight is 391 g/mol. The second-order valence-electron chi connectivity index (χ2n) is 7.50. The summed E-state index contributed by atoms with van der Waals surface area (Å²) in [5, 5.41) is 21.6. The first-order valence-corrected chi connectivity index (χ1v) is 9.78. The number of aromatic amines is 2. The van der Waals surface area contributed by atoms with Crippen molar-refractivity contribution < 1.29 is 15.0 Å². The van der Waals surface area contributed by atoms with Gasteiger partial charge in [-0.15, -0.1) is 0 Å². The van der Waals surface area contributed by atoms with Crippen LogP contribution in [-0.2, 0) is 0 Å². The van der Waals surface area contributed by atoms with E-state index < -0.39 is 5.75 Å². The molecular formula is C21H21N5O3. The number of carbonyl (C=O) groups excluding carboxylic acids is 1. The molecule has 4 aromatic rings. The van der Waals surface area contributed by atoms with E-state index in [0.717, 1.165) is 43.1 Å². The highest BCUT2D eigenvalue weighted by Crippen LogP contribution is 2.44. The predicted molar refractivity (Wildman–Crippen MR) is 107 cm³/mol. The number of nitrogens with one attached hydrogen (secondary N) is 2. The molecule has 0 aliphatic heterocycles. The maximum absolute atomic E-state index is 13.4. The quantitative estimate of drug-likeness (QED) is 0.393. The molecule has 0 spiro atoms. The van der Waals surface area contributed by atoms with Gasteiger partial charge in [0, 0.05) is 5.92 Å². The minimum Gasteiger partial charge on any atom is -0.503 e. The summed E-state index contributed by atoms with van der Waals surface area (Å²) in [6.45, 7) is 0. The molecule has 0 bridgehead atoms. The summed E-state index contributed by atoms with van der Waals surface area (Å²) in [6, 6.07) is 5.42. The zero-order chi connectivity index (χ0) is 20.0. The molecule has 29 heavy (non-hydrogen) atoms. The fourth-order valence-corrected chi connectivity index (χ4v) is 4.30. The molecule has 0 saturated heterocycles. The molecule has 0 atom stereocenters. The first kappa shape index (κ1) is 17.5. The maximum atomic E-state index is 13.4. The van der Waals surface area contributed by atoms with Gasteiger partial charge in [0.15, 0.2) is 11.5 Å². The van der Waals surface area contributed by atoms with E-state index in [1.807, 2.05) is 12.1 Å². The van der Waals surface area contributed by atoms with Gasteiger partial charge in [-0.25, -0.2) is 9.97 Å². The van der Waals surface area contributed by atoms with Crippen LogP contribution in [-0.4, -0.2) is 40.5 Å². The van der Waals surface area contributed by atoms with Crippen LogP contribution in [0.3, 0.4) is 0 Å². The van der Waals surface area contributed by atoms with Gasteiger partial charge in [0.1, 0.15) is 0 Å². The number of H-pyrrole nitrogens is 2. The van der Waals surface area contributed by atoms with Gasteiger partial charge in [-0.2, -0.15) is 0 Å². The van der Waals surface area contributed by atoms with Crippen LogP contribution in [0.15, 0.2) is 37.1 Å². The predicted octanol–water partition coefficient (Wildman–Crippen LogP) is 3.92. The smallest absolute Gasteiger partial charge is 0.240 e. The first-order chi connectivity index (χ1) is 14.1. The largest absolute Gasteiger partial charge is 0.503 e. The van der Waals surface area contributed by atoms with Gasteiger partial charge in [0.2, 0.25) is 5.88 Å². The summed E-state index contributed by atoms with van der Waals surface area (Å²) < 4.78 is 1.49. The number of carbonyl (C=O) groups is 1. The van der Waals surface area contributed by atoms with E-state index in [9.17, 15) is 15.0 Å². The lowest BCUT2D eigenvalue weighted by molar-refractivity contribution is 0.0887. The van der Waals surface area contributed by atoms with Gasteiger partial charge in [-0.05, 0) is 31.0 Å². The first-order valence-electron chi connectivity index (χ1n) is 9.78. The van der Waals surface area contributed by atoms with E-state index in [4.69, 9.17) is 0 Å². The van der Waals surface area contributed by atoms with Crippen LogP contribution >= 0.6 is 0 Å². The van der Waals surface area contributed by atoms with Crippen molar-refractivity contribution in [3.8, 4) is 28.7 Å². The molecule has 4 N–H and O–H groups in total. The molecule has 148 valence electrons. The molecule has 0 amide bonds. The average Bonchev–Trinajstić information content (AvgIpc) is 3.48. The monoisotopic (exact) mass is 391 g/mol. The lowest BCUT2D eigenvalue weighted by Gasteiger charge is -2.20. The summed E-state index contributed by atoms with van der Waals surface area (Å²) in [6.07, 6.45) is 9.40. The van der Waals surface area contributed by atoms with Crippen LogP contribution < -0.4 is 0 Å². The molecule has 0 unspecified atom stereocenters.